The average molecular weight is 453 g/mol. The largest absolute Gasteiger partial charge is 0.454 e. The van der Waals surface area contributed by atoms with Crippen LogP contribution in [-0.4, -0.2) is 33.5 Å². The third-order valence-electron chi connectivity index (χ3n) is 4.27. The van der Waals surface area contributed by atoms with Gasteiger partial charge >= 0.3 is 5.97 Å². The van der Waals surface area contributed by atoms with Crippen molar-refractivity contribution in [1.82, 2.24) is 15.0 Å². The predicted octanol–water partition coefficient (Wildman–Crippen LogP) is 4.42. The molecule has 1 N–H and O–H groups in total. The van der Waals surface area contributed by atoms with E-state index in [4.69, 9.17) is 16.3 Å². The minimum absolute atomic E-state index is 0.128. The number of amides is 1. The van der Waals surface area contributed by atoms with Crippen LogP contribution in [-0.2, 0) is 20.9 Å². The molecular formula is C22H17ClN4O3S. The molecule has 7 nitrogen and oxygen atoms in total. The lowest BCUT2D eigenvalue weighted by atomic mass is 10.3. The van der Waals surface area contributed by atoms with E-state index in [1.54, 1.807) is 12.1 Å². The first-order chi connectivity index (χ1) is 15.1. The van der Waals surface area contributed by atoms with Gasteiger partial charge in [0.05, 0.1) is 11.2 Å². The zero-order valence-electron chi connectivity index (χ0n) is 16.2. The van der Waals surface area contributed by atoms with E-state index in [1.165, 1.54) is 16.4 Å². The summed E-state index contributed by atoms with van der Waals surface area (Å²) in [6, 6.07) is 22.1. The normalized spacial score (nSPS) is 10.7. The summed E-state index contributed by atoms with van der Waals surface area (Å²) >= 11 is 7.43. The number of aromatic nitrogens is 3. The number of fused-ring (bicyclic) bond motifs is 1. The van der Waals surface area contributed by atoms with Crippen LogP contribution < -0.4 is 5.32 Å². The number of esters is 1. The van der Waals surface area contributed by atoms with Gasteiger partial charge in [-0.25, -0.2) is 4.68 Å². The fourth-order valence-corrected chi connectivity index (χ4v) is 3.85. The molecule has 1 heterocycles. The van der Waals surface area contributed by atoms with Gasteiger partial charge in [-0.1, -0.05) is 52.8 Å². The predicted molar refractivity (Wildman–Crippen MR) is 119 cm³/mol. The molecule has 4 aromatic rings. The highest BCUT2D eigenvalue weighted by molar-refractivity contribution is 7.99. The maximum absolute atomic E-state index is 12.3. The number of anilines is 1. The summed E-state index contributed by atoms with van der Waals surface area (Å²) in [7, 11) is 0. The van der Waals surface area contributed by atoms with Gasteiger partial charge in [-0.05, 0) is 48.5 Å². The number of nitrogens with zero attached hydrogens (tertiary/aromatic N) is 3. The molecule has 4 rings (SSSR count). The van der Waals surface area contributed by atoms with Gasteiger partial charge in [0, 0.05) is 14.8 Å². The number of hydrogen-bond donors (Lipinski definition) is 1. The first kappa shape index (κ1) is 20.9. The van der Waals surface area contributed by atoms with Crippen LogP contribution in [0.2, 0.25) is 5.02 Å². The van der Waals surface area contributed by atoms with Crippen LogP contribution >= 0.6 is 23.4 Å². The van der Waals surface area contributed by atoms with E-state index in [9.17, 15) is 9.59 Å². The highest BCUT2D eigenvalue weighted by atomic mass is 35.5. The number of hydrogen-bond acceptors (Lipinski definition) is 6. The molecule has 0 spiro atoms. The Morgan fingerprint density at radius 1 is 1.00 bits per heavy atom. The molecule has 0 atom stereocenters. The monoisotopic (exact) mass is 452 g/mol. The quantitative estimate of drug-likeness (QED) is 0.418. The van der Waals surface area contributed by atoms with Crippen LogP contribution in [0.15, 0.2) is 82.6 Å². The van der Waals surface area contributed by atoms with Crippen molar-refractivity contribution in [3.8, 4) is 0 Å². The Hall–Kier alpha value is -3.36. The second-order valence-corrected chi connectivity index (χ2v) is 8.05. The molecule has 1 aromatic heterocycles. The highest BCUT2D eigenvalue weighted by Crippen LogP contribution is 2.33. The van der Waals surface area contributed by atoms with E-state index in [2.05, 4.69) is 15.6 Å². The molecule has 0 fully saturated rings. The van der Waals surface area contributed by atoms with Gasteiger partial charge in [0.15, 0.2) is 6.61 Å². The van der Waals surface area contributed by atoms with Crippen molar-refractivity contribution in [3.63, 3.8) is 0 Å². The summed E-state index contributed by atoms with van der Waals surface area (Å²) in [6.07, 6.45) is 0. The Labute approximate surface area is 187 Å². The third-order valence-corrected chi connectivity index (χ3v) is 5.60. The first-order valence-corrected chi connectivity index (χ1v) is 10.5. The Bertz CT molecular complexity index is 1230. The van der Waals surface area contributed by atoms with E-state index < -0.39 is 18.5 Å². The fraction of sp³-hybridized carbons (Fsp3) is 0.0909. The van der Waals surface area contributed by atoms with Crippen molar-refractivity contribution in [1.29, 1.82) is 0 Å². The number of carbonyl (C=O) groups excluding carboxylic acids is 2. The van der Waals surface area contributed by atoms with Crippen LogP contribution in [0.4, 0.5) is 5.69 Å². The molecule has 1 amide bonds. The van der Waals surface area contributed by atoms with Crippen molar-refractivity contribution in [2.45, 2.75) is 16.3 Å². The highest BCUT2D eigenvalue weighted by Gasteiger charge is 2.13. The topological polar surface area (TPSA) is 86.1 Å². The second kappa shape index (κ2) is 9.63. The molecule has 9 heteroatoms. The lowest BCUT2D eigenvalue weighted by Crippen LogP contribution is -2.23. The second-order valence-electron chi connectivity index (χ2n) is 6.50. The summed E-state index contributed by atoms with van der Waals surface area (Å²) < 4.78 is 6.55. The van der Waals surface area contributed by atoms with E-state index >= 15 is 0 Å². The van der Waals surface area contributed by atoms with Crippen LogP contribution in [0, 0.1) is 0 Å². The Kier molecular flexibility index (Phi) is 6.49. The molecular weight excluding hydrogens is 436 g/mol. The molecule has 0 aliphatic carbocycles. The minimum atomic E-state index is -0.574. The van der Waals surface area contributed by atoms with Crippen molar-refractivity contribution in [2.24, 2.45) is 0 Å². The number of benzene rings is 3. The van der Waals surface area contributed by atoms with E-state index in [0.717, 1.165) is 15.3 Å². The maximum Gasteiger partial charge on any atom is 0.328 e. The van der Waals surface area contributed by atoms with Crippen LogP contribution in [0.25, 0.3) is 11.0 Å². The van der Waals surface area contributed by atoms with Gasteiger partial charge in [0.1, 0.15) is 12.1 Å². The van der Waals surface area contributed by atoms with Gasteiger partial charge in [0.25, 0.3) is 5.91 Å². The number of nitrogens with one attached hydrogen (secondary N) is 1. The van der Waals surface area contributed by atoms with E-state index in [0.29, 0.717) is 16.2 Å². The molecule has 0 aliphatic rings. The molecule has 3 aromatic carbocycles. The zero-order chi connectivity index (χ0) is 21.6. The fourth-order valence-electron chi connectivity index (χ4n) is 2.82. The summed E-state index contributed by atoms with van der Waals surface area (Å²) in [5.74, 6) is -1.00. The Balaban J connectivity index is 1.33. The average Bonchev–Trinajstić information content (AvgIpc) is 3.18. The van der Waals surface area contributed by atoms with Crippen molar-refractivity contribution in [3.05, 3.63) is 77.8 Å². The molecule has 0 bridgehead atoms. The minimum Gasteiger partial charge on any atom is -0.454 e. The Morgan fingerprint density at radius 3 is 2.58 bits per heavy atom. The van der Waals surface area contributed by atoms with Crippen LogP contribution in [0.3, 0.4) is 0 Å². The molecule has 0 unspecified atom stereocenters. The van der Waals surface area contributed by atoms with Crippen molar-refractivity contribution < 1.29 is 14.3 Å². The molecule has 0 radical (unpaired) electrons. The summed E-state index contributed by atoms with van der Waals surface area (Å²) in [5, 5.41) is 11.4. The van der Waals surface area contributed by atoms with Gasteiger partial charge in [-0.2, -0.15) is 0 Å². The third kappa shape index (κ3) is 5.42. The van der Waals surface area contributed by atoms with Gasteiger partial charge in [-0.3, -0.25) is 9.59 Å². The standard InChI is InChI=1S/C22H17ClN4O3S/c23-15-9-11-16(12-10-15)31-20-8-4-2-6-18(20)24-21(28)14-30-22(29)13-27-19-7-3-1-5-17(19)25-26-27/h1-12H,13-14H2,(H,24,28). The lowest BCUT2D eigenvalue weighted by Gasteiger charge is -2.11. The number of ether oxygens (including phenoxy) is 1. The van der Waals surface area contributed by atoms with Crippen LogP contribution in [0.5, 0.6) is 0 Å². The van der Waals surface area contributed by atoms with E-state index in [1.807, 2.05) is 60.7 Å². The first-order valence-electron chi connectivity index (χ1n) is 9.34. The van der Waals surface area contributed by atoms with Crippen LogP contribution in [0.1, 0.15) is 0 Å². The lowest BCUT2D eigenvalue weighted by molar-refractivity contribution is -0.148. The molecule has 0 aliphatic heterocycles. The number of halogens is 1. The van der Waals surface area contributed by atoms with Gasteiger partial charge in [0.2, 0.25) is 0 Å². The molecule has 0 saturated heterocycles. The number of para-hydroxylation sites is 2. The summed E-state index contributed by atoms with van der Waals surface area (Å²) in [4.78, 5) is 26.3. The van der Waals surface area contributed by atoms with Gasteiger partial charge < -0.3 is 10.1 Å². The Morgan fingerprint density at radius 2 is 1.74 bits per heavy atom. The molecule has 31 heavy (non-hydrogen) atoms. The zero-order valence-corrected chi connectivity index (χ0v) is 17.8. The smallest absolute Gasteiger partial charge is 0.328 e. The van der Waals surface area contributed by atoms with Crippen molar-refractivity contribution in [2.75, 3.05) is 11.9 Å². The molecule has 0 saturated carbocycles. The summed E-state index contributed by atoms with van der Waals surface area (Å²) in [5.41, 5.74) is 2.03. The van der Waals surface area contributed by atoms with Gasteiger partial charge in [-0.15, -0.1) is 5.10 Å². The number of carbonyl (C=O) groups is 2. The van der Waals surface area contributed by atoms with Crippen molar-refractivity contribution >= 4 is 52.0 Å². The molecule has 156 valence electrons. The van der Waals surface area contributed by atoms with E-state index in [-0.39, 0.29) is 6.54 Å². The maximum atomic E-state index is 12.3. The SMILES string of the molecule is O=C(COC(=O)Cn1nnc2ccccc21)Nc1ccccc1Sc1ccc(Cl)cc1. The number of rotatable bonds is 7. The summed E-state index contributed by atoms with van der Waals surface area (Å²) in [6.45, 7) is -0.526.